The minimum Gasteiger partial charge on any atom is -0.392 e. The summed E-state index contributed by atoms with van der Waals surface area (Å²) < 4.78 is 0. The van der Waals surface area contributed by atoms with Gasteiger partial charge in [-0.15, -0.1) is 0 Å². The van der Waals surface area contributed by atoms with Gasteiger partial charge in [0.05, 0.1) is 6.61 Å². The lowest BCUT2D eigenvalue weighted by Gasteiger charge is -2.07. The predicted octanol–water partition coefficient (Wildman–Crippen LogP) is 3.67. The first-order valence-corrected chi connectivity index (χ1v) is 6.00. The van der Waals surface area contributed by atoms with E-state index in [2.05, 4.69) is 24.3 Å². The molecule has 18 heavy (non-hydrogen) atoms. The van der Waals surface area contributed by atoms with Gasteiger partial charge >= 0.3 is 0 Å². The summed E-state index contributed by atoms with van der Waals surface area (Å²) in [6.07, 6.45) is 5.64. The van der Waals surface area contributed by atoms with Crippen LogP contribution < -0.4 is 0 Å². The Kier molecular flexibility index (Phi) is 4.51. The van der Waals surface area contributed by atoms with Crippen molar-refractivity contribution in [2.24, 2.45) is 0 Å². The highest BCUT2D eigenvalue weighted by molar-refractivity contribution is 5.80. The molecule has 0 aliphatic rings. The molecular weight excluding hydrogens is 220 g/mol. The molecule has 2 rings (SSSR count). The smallest absolute Gasteiger partial charge is 0.0615 e. The lowest BCUT2D eigenvalue weighted by Crippen LogP contribution is -1.86. The number of rotatable bonds is 4. The molecular formula is C17H16O. The molecule has 2 aromatic carbocycles. The van der Waals surface area contributed by atoms with Crippen LogP contribution in [0.25, 0.3) is 5.57 Å². The fourth-order valence-electron chi connectivity index (χ4n) is 1.82. The van der Waals surface area contributed by atoms with Gasteiger partial charge < -0.3 is 5.11 Å². The van der Waals surface area contributed by atoms with Crippen LogP contribution in [0.3, 0.4) is 0 Å². The second kappa shape index (κ2) is 6.58. The first-order chi connectivity index (χ1) is 8.92. The van der Waals surface area contributed by atoms with E-state index in [1.807, 2.05) is 48.6 Å². The largest absolute Gasteiger partial charge is 0.392 e. The Morgan fingerprint density at radius 1 is 0.833 bits per heavy atom. The Morgan fingerprint density at radius 2 is 1.33 bits per heavy atom. The molecule has 2 aromatic rings. The average Bonchev–Trinajstić information content (AvgIpc) is 2.46. The average molecular weight is 236 g/mol. The van der Waals surface area contributed by atoms with Gasteiger partial charge in [-0.25, -0.2) is 0 Å². The normalized spacial score (nSPS) is 10.5. The number of allylic oxidation sites excluding steroid dienone is 2. The standard InChI is InChI=1S/C17H16O/c18-14-8-7-13-17(15-9-3-1-4-10-15)16-11-5-2-6-12-16/h1-13,18H,14H2. The number of aliphatic hydroxyl groups is 1. The SMILES string of the molecule is OCC=CC=C(c1ccccc1)c1ccccc1. The molecule has 0 saturated carbocycles. The minimum atomic E-state index is 0.0629. The fraction of sp³-hybridized carbons (Fsp3) is 0.0588. The number of benzene rings is 2. The Hall–Kier alpha value is -2.12. The molecule has 0 fully saturated rings. The number of hydrogen-bond donors (Lipinski definition) is 1. The van der Waals surface area contributed by atoms with Gasteiger partial charge in [0.2, 0.25) is 0 Å². The van der Waals surface area contributed by atoms with Gasteiger partial charge in [-0.1, -0.05) is 78.9 Å². The molecule has 1 heteroatoms. The molecule has 0 aliphatic carbocycles. The van der Waals surface area contributed by atoms with Crippen molar-refractivity contribution in [3.05, 3.63) is 90.0 Å². The summed E-state index contributed by atoms with van der Waals surface area (Å²) >= 11 is 0. The number of hydrogen-bond acceptors (Lipinski definition) is 1. The Balaban J connectivity index is 2.42. The molecule has 0 spiro atoms. The van der Waals surface area contributed by atoms with Gasteiger partial charge in [0.1, 0.15) is 0 Å². The third kappa shape index (κ3) is 3.19. The van der Waals surface area contributed by atoms with Gasteiger partial charge in [-0.2, -0.15) is 0 Å². The fourth-order valence-corrected chi connectivity index (χ4v) is 1.82. The second-order valence-electron chi connectivity index (χ2n) is 3.92. The highest BCUT2D eigenvalue weighted by Gasteiger charge is 2.02. The van der Waals surface area contributed by atoms with E-state index in [9.17, 15) is 0 Å². The van der Waals surface area contributed by atoms with Gasteiger partial charge in [0.15, 0.2) is 0 Å². The van der Waals surface area contributed by atoms with Gasteiger partial charge in [0.25, 0.3) is 0 Å². The van der Waals surface area contributed by atoms with Crippen molar-refractivity contribution in [3.8, 4) is 0 Å². The van der Waals surface area contributed by atoms with Crippen LogP contribution in [0.1, 0.15) is 11.1 Å². The molecule has 0 heterocycles. The van der Waals surface area contributed by atoms with Crippen LogP contribution in [-0.2, 0) is 0 Å². The van der Waals surface area contributed by atoms with Crippen molar-refractivity contribution in [2.75, 3.05) is 6.61 Å². The van der Waals surface area contributed by atoms with E-state index in [0.29, 0.717) is 0 Å². The van der Waals surface area contributed by atoms with E-state index in [-0.39, 0.29) is 6.61 Å². The highest BCUT2D eigenvalue weighted by atomic mass is 16.2. The summed E-state index contributed by atoms with van der Waals surface area (Å²) in [5.74, 6) is 0. The van der Waals surface area contributed by atoms with Crippen LogP contribution in [0.2, 0.25) is 0 Å². The van der Waals surface area contributed by atoms with Crippen LogP contribution in [0.5, 0.6) is 0 Å². The molecule has 0 aliphatic heterocycles. The van der Waals surface area contributed by atoms with Gasteiger partial charge in [-0.05, 0) is 16.7 Å². The summed E-state index contributed by atoms with van der Waals surface area (Å²) in [7, 11) is 0. The third-order valence-electron chi connectivity index (χ3n) is 2.67. The summed E-state index contributed by atoms with van der Waals surface area (Å²) in [5.41, 5.74) is 3.50. The summed E-state index contributed by atoms with van der Waals surface area (Å²) in [4.78, 5) is 0. The Labute approximate surface area is 108 Å². The topological polar surface area (TPSA) is 20.2 Å². The summed E-state index contributed by atoms with van der Waals surface area (Å²) in [6, 6.07) is 20.5. The van der Waals surface area contributed by atoms with Crippen LogP contribution in [0, 0.1) is 0 Å². The van der Waals surface area contributed by atoms with E-state index >= 15 is 0 Å². The lowest BCUT2D eigenvalue weighted by atomic mass is 9.97. The monoisotopic (exact) mass is 236 g/mol. The highest BCUT2D eigenvalue weighted by Crippen LogP contribution is 2.22. The van der Waals surface area contributed by atoms with Crippen LogP contribution >= 0.6 is 0 Å². The molecule has 0 aromatic heterocycles. The first-order valence-electron chi connectivity index (χ1n) is 6.00. The molecule has 0 bridgehead atoms. The van der Waals surface area contributed by atoms with Crippen LogP contribution in [-0.4, -0.2) is 11.7 Å². The van der Waals surface area contributed by atoms with Gasteiger partial charge in [-0.3, -0.25) is 0 Å². The maximum absolute atomic E-state index is 8.80. The minimum absolute atomic E-state index is 0.0629. The molecule has 0 atom stereocenters. The molecule has 1 nitrogen and oxygen atoms in total. The van der Waals surface area contributed by atoms with Crippen LogP contribution in [0.4, 0.5) is 0 Å². The zero-order valence-electron chi connectivity index (χ0n) is 10.2. The van der Waals surface area contributed by atoms with E-state index in [0.717, 1.165) is 5.57 Å². The van der Waals surface area contributed by atoms with Crippen molar-refractivity contribution in [1.29, 1.82) is 0 Å². The maximum atomic E-state index is 8.80. The maximum Gasteiger partial charge on any atom is 0.0615 e. The van der Waals surface area contributed by atoms with Crippen molar-refractivity contribution in [3.63, 3.8) is 0 Å². The predicted molar refractivity (Wildman–Crippen MR) is 76.2 cm³/mol. The molecule has 1 N–H and O–H groups in total. The molecule has 0 unspecified atom stereocenters. The van der Waals surface area contributed by atoms with Crippen molar-refractivity contribution >= 4 is 5.57 Å². The zero-order valence-corrected chi connectivity index (χ0v) is 10.2. The second-order valence-corrected chi connectivity index (χ2v) is 3.92. The van der Waals surface area contributed by atoms with Crippen LogP contribution in [0.15, 0.2) is 78.9 Å². The molecule has 0 radical (unpaired) electrons. The van der Waals surface area contributed by atoms with Crippen molar-refractivity contribution in [2.45, 2.75) is 0 Å². The van der Waals surface area contributed by atoms with Crippen molar-refractivity contribution in [1.82, 2.24) is 0 Å². The third-order valence-corrected chi connectivity index (χ3v) is 2.67. The molecule has 0 amide bonds. The summed E-state index contributed by atoms with van der Waals surface area (Å²) in [6.45, 7) is 0.0629. The quantitative estimate of drug-likeness (QED) is 0.803. The van der Waals surface area contributed by atoms with E-state index in [4.69, 9.17) is 5.11 Å². The molecule has 0 saturated heterocycles. The van der Waals surface area contributed by atoms with E-state index in [1.54, 1.807) is 6.08 Å². The van der Waals surface area contributed by atoms with Crippen molar-refractivity contribution < 1.29 is 5.11 Å². The van der Waals surface area contributed by atoms with E-state index in [1.165, 1.54) is 11.1 Å². The summed E-state index contributed by atoms with van der Waals surface area (Å²) in [5, 5.41) is 8.80. The Bertz CT molecular complexity index is 483. The lowest BCUT2D eigenvalue weighted by molar-refractivity contribution is 0.343. The van der Waals surface area contributed by atoms with E-state index < -0.39 is 0 Å². The molecule has 90 valence electrons. The Morgan fingerprint density at radius 3 is 1.78 bits per heavy atom. The van der Waals surface area contributed by atoms with Gasteiger partial charge in [0, 0.05) is 0 Å². The zero-order chi connectivity index (χ0) is 12.6. The number of aliphatic hydroxyl groups excluding tert-OH is 1. The first kappa shape index (κ1) is 12.3.